The smallest absolute Gasteiger partial charge is 0.251 e. The van der Waals surface area contributed by atoms with Crippen molar-refractivity contribution in [3.63, 3.8) is 0 Å². The van der Waals surface area contributed by atoms with E-state index in [2.05, 4.69) is 10.3 Å². The average Bonchev–Trinajstić information content (AvgIpc) is 3.27. The van der Waals surface area contributed by atoms with Crippen molar-refractivity contribution in [1.82, 2.24) is 19.0 Å². The van der Waals surface area contributed by atoms with Gasteiger partial charge in [-0.3, -0.25) is 9.20 Å². The maximum absolute atomic E-state index is 12.9. The van der Waals surface area contributed by atoms with Crippen LogP contribution in [0.1, 0.15) is 29.9 Å². The summed E-state index contributed by atoms with van der Waals surface area (Å²) >= 11 is 1.52. The van der Waals surface area contributed by atoms with Gasteiger partial charge in [0.1, 0.15) is 0 Å². The number of ether oxygens (including phenoxy) is 1. The average molecular weight is 435 g/mol. The van der Waals surface area contributed by atoms with Crippen LogP contribution in [-0.4, -0.2) is 53.3 Å². The van der Waals surface area contributed by atoms with Gasteiger partial charge < -0.3 is 10.1 Å². The van der Waals surface area contributed by atoms with Crippen molar-refractivity contribution >= 4 is 32.2 Å². The van der Waals surface area contributed by atoms with Gasteiger partial charge in [0, 0.05) is 36.4 Å². The fraction of sp³-hybridized carbons (Fsp3) is 0.368. The third-order valence-corrected chi connectivity index (χ3v) is 7.33. The summed E-state index contributed by atoms with van der Waals surface area (Å²) in [5.41, 5.74) is 1.16. The first-order valence-electron chi connectivity index (χ1n) is 9.28. The number of nitrogens with one attached hydrogen (secondary N) is 1. The molecule has 0 radical (unpaired) electrons. The standard InChI is InChI=1S/C19H22N4O4S2/c1-13-10-23(11-14(2)27-13)29(25,26)17-5-3-15(4-6-17)18(24)20-9-16-12-22-7-8-28-19(22)21-16/h3-8,12-14H,9-11H2,1-2H3,(H,20,24). The van der Waals surface area contributed by atoms with Gasteiger partial charge in [0.05, 0.1) is 29.3 Å². The van der Waals surface area contributed by atoms with Gasteiger partial charge in [-0.1, -0.05) is 0 Å². The van der Waals surface area contributed by atoms with Gasteiger partial charge in [-0.05, 0) is 38.1 Å². The van der Waals surface area contributed by atoms with Gasteiger partial charge in [0.15, 0.2) is 4.96 Å². The Hall–Kier alpha value is -2.27. The lowest BCUT2D eigenvalue weighted by molar-refractivity contribution is -0.0440. The third kappa shape index (κ3) is 4.20. The Bertz CT molecular complexity index is 1080. The molecule has 1 saturated heterocycles. The van der Waals surface area contributed by atoms with E-state index >= 15 is 0 Å². The summed E-state index contributed by atoms with van der Waals surface area (Å²) in [6.07, 6.45) is 3.47. The van der Waals surface area contributed by atoms with Gasteiger partial charge in [-0.25, -0.2) is 13.4 Å². The second kappa shape index (κ2) is 7.86. The first-order chi connectivity index (χ1) is 13.8. The molecule has 1 aliphatic heterocycles. The van der Waals surface area contributed by atoms with Crippen LogP contribution in [0.4, 0.5) is 0 Å². The van der Waals surface area contributed by atoms with Crippen LogP contribution in [0.2, 0.25) is 0 Å². The lowest BCUT2D eigenvalue weighted by atomic mass is 10.2. The van der Waals surface area contributed by atoms with Crippen LogP contribution in [-0.2, 0) is 21.3 Å². The van der Waals surface area contributed by atoms with Crippen LogP contribution in [0.3, 0.4) is 0 Å². The highest BCUT2D eigenvalue weighted by molar-refractivity contribution is 7.89. The number of imidazole rings is 1. The van der Waals surface area contributed by atoms with E-state index in [9.17, 15) is 13.2 Å². The molecule has 154 valence electrons. The molecule has 1 aromatic carbocycles. The summed E-state index contributed by atoms with van der Waals surface area (Å²) in [5.74, 6) is -0.279. The fourth-order valence-corrected chi connectivity index (χ4v) is 5.70. The Morgan fingerprint density at radius 3 is 2.59 bits per heavy atom. The summed E-state index contributed by atoms with van der Waals surface area (Å²) in [7, 11) is -3.62. The maximum Gasteiger partial charge on any atom is 0.251 e. The summed E-state index contributed by atoms with van der Waals surface area (Å²) < 4.78 is 34.7. The number of nitrogens with zero attached hydrogens (tertiary/aromatic N) is 3. The number of benzene rings is 1. The fourth-order valence-electron chi connectivity index (χ4n) is 3.39. The number of aromatic nitrogens is 2. The molecule has 0 spiro atoms. The number of amides is 1. The Kier molecular flexibility index (Phi) is 5.43. The maximum atomic E-state index is 12.9. The van der Waals surface area contributed by atoms with Crippen molar-refractivity contribution in [3.05, 3.63) is 53.3 Å². The first-order valence-corrected chi connectivity index (χ1v) is 11.6. The van der Waals surface area contributed by atoms with Crippen molar-refractivity contribution in [2.45, 2.75) is 37.5 Å². The van der Waals surface area contributed by atoms with Gasteiger partial charge in [0.25, 0.3) is 5.91 Å². The quantitative estimate of drug-likeness (QED) is 0.664. The van der Waals surface area contributed by atoms with E-state index < -0.39 is 10.0 Å². The molecule has 2 aromatic heterocycles. The van der Waals surface area contributed by atoms with Crippen LogP contribution < -0.4 is 5.32 Å². The molecule has 4 rings (SSSR count). The number of rotatable bonds is 5. The van der Waals surface area contributed by atoms with Crippen molar-refractivity contribution in [2.75, 3.05) is 13.1 Å². The third-order valence-electron chi connectivity index (χ3n) is 4.71. The van der Waals surface area contributed by atoms with Crippen LogP contribution in [0, 0.1) is 0 Å². The van der Waals surface area contributed by atoms with Crippen molar-refractivity contribution in [2.24, 2.45) is 0 Å². The number of sulfonamides is 1. The second-order valence-corrected chi connectivity index (χ2v) is 9.92. The molecular weight excluding hydrogens is 412 g/mol. The molecule has 2 atom stereocenters. The topological polar surface area (TPSA) is 93.0 Å². The molecule has 0 saturated carbocycles. The van der Waals surface area contributed by atoms with Gasteiger partial charge in [-0.2, -0.15) is 4.31 Å². The van der Waals surface area contributed by atoms with E-state index in [1.807, 2.05) is 36.0 Å². The predicted molar refractivity (Wildman–Crippen MR) is 109 cm³/mol. The number of fused-ring (bicyclic) bond motifs is 1. The molecule has 29 heavy (non-hydrogen) atoms. The number of hydrogen-bond donors (Lipinski definition) is 1. The highest BCUT2D eigenvalue weighted by Crippen LogP contribution is 2.21. The Morgan fingerprint density at radius 2 is 1.93 bits per heavy atom. The van der Waals surface area contributed by atoms with E-state index in [4.69, 9.17) is 4.74 Å². The van der Waals surface area contributed by atoms with Crippen molar-refractivity contribution in [3.8, 4) is 0 Å². The van der Waals surface area contributed by atoms with E-state index in [0.717, 1.165) is 10.7 Å². The number of carbonyl (C=O) groups excluding carboxylic acids is 1. The zero-order valence-corrected chi connectivity index (χ0v) is 17.7. The second-order valence-electron chi connectivity index (χ2n) is 7.11. The minimum atomic E-state index is -3.62. The molecule has 1 fully saturated rings. The monoisotopic (exact) mass is 434 g/mol. The van der Waals surface area contributed by atoms with E-state index in [1.54, 1.807) is 0 Å². The van der Waals surface area contributed by atoms with E-state index in [-0.39, 0.29) is 23.0 Å². The number of hydrogen-bond acceptors (Lipinski definition) is 6. The molecule has 2 unspecified atom stereocenters. The van der Waals surface area contributed by atoms with E-state index in [0.29, 0.717) is 25.2 Å². The highest BCUT2D eigenvalue weighted by Gasteiger charge is 2.32. The number of thiazole rings is 1. The lowest BCUT2D eigenvalue weighted by Crippen LogP contribution is -2.48. The Labute approximate surface area is 173 Å². The minimum Gasteiger partial charge on any atom is -0.373 e. The Balaban J connectivity index is 1.42. The summed E-state index contributed by atoms with van der Waals surface area (Å²) in [4.78, 5) is 17.9. The molecule has 0 bridgehead atoms. The molecule has 3 aromatic rings. The highest BCUT2D eigenvalue weighted by atomic mass is 32.2. The van der Waals surface area contributed by atoms with E-state index in [1.165, 1.54) is 39.9 Å². The summed E-state index contributed by atoms with van der Waals surface area (Å²) in [6.45, 7) is 4.65. The summed E-state index contributed by atoms with van der Waals surface area (Å²) in [5, 5.41) is 4.76. The van der Waals surface area contributed by atoms with Gasteiger partial charge in [0.2, 0.25) is 10.0 Å². The molecular formula is C19H22N4O4S2. The molecule has 10 heteroatoms. The van der Waals surface area contributed by atoms with Crippen LogP contribution in [0.15, 0.2) is 46.9 Å². The molecule has 0 aliphatic carbocycles. The number of carbonyl (C=O) groups is 1. The minimum absolute atomic E-state index is 0.156. The molecule has 1 amide bonds. The van der Waals surface area contributed by atoms with Crippen LogP contribution in [0.25, 0.3) is 4.96 Å². The SMILES string of the molecule is CC1CN(S(=O)(=O)c2ccc(C(=O)NCc3cn4ccsc4n3)cc2)CC(C)O1. The van der Waals surface area contributed by atoms with Crippen molar-refractivity contribution in [1.29, 1.82) is 0 Å². The molecule has 8 nitrogen and oxygen atoms in total. The first kappa shape index (κ1) is 20.0. The largest absolute Gasteiger partial charge is 0.373 e. The molecule has 1 N–H and O–H groups in total. The lowest BCUT2D eigenvalue weighted by Gasteiger charge is -2.34. The predicted octanol–water partition coefficient (Wildman–Crippen LogP) is 2.12. The van der Waals surface area contributed by atoms with Gasteiger partial charge in [-0.15, -0.1) is 11.3 Å². The number of morpholine rings is 1. The Morgan fingerprint density at radius 1 is 1.24 bits per heavy atom. The van der Waals surface area contributed by atoms with Crippen molar-refractivity contribution < 1.29 is 17.9 Å². The molecule has 3 heterocycles. The zero-order chi connectivity index (χ0) is 20.6. The normalized spacial score (nSPS) is 20.8. The van der Waals surface area contributed by atoms with Crippen LogP contribution >= 0.6 is 11.3 Å². The zero-order valence-electron chi connectivity index (χ0n) is 16.1. The van der Waals surface area contributed by atoms with Crippen LogP contribution in [0.5, 0.6) is 0 Å². The molecule has 1 aliphatic rings. The van der Waals surface area contributed by atoms with Gasteiger partial charge >= 0.3 is 0 Å². The summed E-state index contributed by atoms with van der Waals surface area (Å²) in [6, 6.07) is 6.01.